The minimum atomic E-state index is -0.168. The first kappa shape index (κ1) is 9.90. The molecule has 0 saturated carbocycles. The molecule has 0 radical (unpaired) electrons. The lowest BCUT2D eigenvalue weighted by Gasteiger charge is -1.99. The van der Waals surface area contributed by atoms with Gasteiger partial charge >= 0.3 is 5.97 Å². The third-order valence-corrected chi connectivity index (χ3v) is 1.98. The van der Waals surface area contributed by atoms with Crippen LogP contribution in [0, 0.1) is 0 Å². The van der Waals surface area contributed by atoms with Gasteiger partial charge in [0.1, 0.15) is 0 Å². The predicted octanol–water partition coefficient (Wildman–Crippen LogP) is 1.64. The molecule has 0 spiro atoms. The maximum Gasteiger partial charge on any atom is 0.302 e. The highest BCUT2D eigenvalue weighted by molar-refractivity contribution is 7.36. The van der Waals surface area contributed by atoms with Crippen molar-refractivity contribution in [1.29, 1.82) is 0 Å². The van der Waals surface area contributed by atoms with Gasteiger partial charge in [-0.15, -0.1) is 8.58 Å². The Hall–Kier alpha value is -0.100. The summed E-state index contributed by atoms with van der Waals surface area (Å²) in [4.78, 5) is 10.3. The molecule has 0 N–H and O–H groups in total. The topological polar surface area (TPSA) is 26.3 Å². The molecule has 0 amide bonds. The van der Waals surface area contributed by atoms with E-state index >= 15 is 0 Å². The van der Waals surface area contributed by atoms with E-state index in [9.17, 15) is 4.79 Å². The van der Waals surface area contributed by atoms with E-state index in [0.717, 1.165) is 15.0 Å². The summed E-state index contributed by atoms with van der Waals surface area (Å²) >= 11 is 0. The summed E-state index contributed by atoms with van der Waals surface area (Å²) in [6.45, 7) is 4.23. The van der Waals surface area contributed by atoms with Gasteiger partial charge in [0, 0.05) is 6.92 Å². The summed E-state index contributed by atoms with van der Waals surface area (Å²) < 4.78 is 4.75. The first-order chi connectivity index (χ1) is 4.77. The lowest BCUT2D eigenvalue weighted by Crippen LogP contribution is -2.00. The highest BCUT2D eigenvalue weighted by Gasteiger charge is 1.91. The van der Waals surface area contributed by atoms with Crippen molar-refractivity contribution in [2.45, 2.75) is 19.8 Å². The van der Waals surface area contributed by atoms with Gasteiger partial charge in [-0.2, -0.15) is 0 Å². The van der Waals surface area contributed by atoms with E-state index in [-0.39, 0.29) is 5.97 Å². The number of unbranched alkanes of at least 4 members (excludes halogenated alkanes) is 1. The van der Waals surface area contributed by atoms with Crippen LogP contribution in [0.5, 0.6) is 0 Å². The molecule has 1 unspecified atom stereocenters. The number of carbonyl (C=O) groups excluding carboxylic acids is 1. The molecule has 2 nitrogen and oxygen atoms in total. The van der Waals surface area contributed by atoms with E-state index in [2.05, 4.69) is 6.66 Å². The summed E-state index contributed by atoms with van der Waals surface area (Å²) in [6, 6.07) is 0. The van der Waals surface area contributed by atoms with E-state index < -0.39 is 0 Å². The molecule has 0 heterocycles. The van der Waals surface area contributed by atoms with Crippen molar-refractivity contribution in [3.63, 3.8) is 0 Å². The second-order valence-corrected chi connectivity index (χ2v) is 3.36. The van der Waals surface area contributed by atoms with Crippen LogP contribution >= 0.6 is 8.58 Å². The number of rotatable bonds is 5. The molecule has 0 aromatic rings. The fourth-order valence-corrected chi connectivity index (χ4v) is 1.22. The second-order valence-electron chi connectivity index (χ2n) is 2.15. The monoisotopic (exact) mass is 162 g/mol. The SMILES string of the molecule is CPCCCCOC(C)=O. The minimum absolute atomic E-state index is 0.168. The van der Waals surface area contributed by atoms with Crippen molar-refractivity contribution < 1.29 is 9.53 Å². The fraction of sp³-hybridized carbons (Fsp3) is 0.857. The van der Waals surface area contributed by atoms with Gasteiger partial charge in [0.05, 0.1) is 6.61 Å². The van der Waals surface area contributed by atoms with Crippen molar-refractivity contribution in [1.82, 2.24) is 0 Å². The summed E-state index contributed by atoms with van der Waals surface area (Å²) in [5.74, 6) is -0.168. The van der Waals surface area contributed by atoms with E-state index in [1.54, 1.807) is 0 Å². The van der Waals surface area contributed by atoms with Gasteiger partial charge in [-0.1, -0.05) is 0 Å². The Kier molecular flexibility index (Phi) is 6.94. The Morgan fingerprint density at radius 3 is 2.70 bits per heavy atom. The Labute approximate surface area is 64.1 Å². The molecular weight excluding hydrogens is 147 g/mol. The van der Waals surface area contributed by atoms with Crippen LogP contribution in [0.3, 0.4) is 0 Å². The highest BCUT2D eigenvalue weighted by atomic mass is 31.1. The zero-order valence-electron chi connectivity index (χ0n) is 6.64. The Morgan fingerprint density at radius 2 is 2.20 bits per heavy atom. The lowest BCUT2D eigenvalue weighted by molar-refractivity contribution is -0.141. The number of hydrogen-bond acceptors (Lipinski definition) is 2. The first-order valence-electron chi connectivity index (χ1n) is 3.55. The highest BCUT2D eigenvalue weighted by Crippen LogP contribution is 2.05. The van der Waals surface area contributed by atoms with Crippen LogP contribution in [-0.2, 0) is 9.53 Å². The summed E-state index contributed by atoms with van der Waals surface area (Å²) in [7, 11) is 1.02. The van der Waals surface area contributed by atoms with Crippen molar-refractivity contribution >= 4 is 14.6 Å². The minimum Gasteiger partial charge on any atom is -0.466 e. The van der Waals surface area contributed by atoms with Gasteiger partial charge in [0.15, 0.2) is 0 Å². The Morgan fingerprint density at radius 1 is 1.50 bits per heavy atom. The zero-order valence-corrected chi connectivity index (χ0v) is 7.64. The molecule has 0 aliphatic carbocycles. The van der Waals surface area contributed by atoms with E-state index in [1.165, 1.54) is 19.5 Å². The third-order valence-electron chi connectivity index (χ3n) is 1.13. The molecule has 0 aliphatic rings. The van der Waals surface area contributed by atoms with Crippen LogP contribution in [0.1, 0.15) is 19.8 Å². The Balaban J connectivity index is 2.84. The van der Waals surface area contributed by atoms with Crippen LogP contribution < -0.4 is 0 Å². The molecule has 10 heavy (non-hydrogen) atoms. The standard InChI is InChI=1S/C7H15O2P/c1-7(8)9-5-3-4-6-10-2/h10H,3-6H2,1-2H3. The van der Waals surface area contributed by atoms with Crippen LogP contribution in [0.2, 0.25) is 0 Å². The van der Waals surface area contributed by atoms with Gasteiger partial charge < -0.3 is 4.74 Å². The van der Waals surface area contributed by atoms with Crippen molar-refractivity contribution in [3.8, 4) is 0 Å². The quantitative estimate of drug-likeness (QED) is 0.349. The summed E-state index contributed by atoms with van der Waals surface area (Å²) in [5.41, 5.74) is 0. The lowest BCUT2D eigenvalue weighted by atomic mass is 10.4. The van der Waals surface area contributed by atoms with Gasteiger partial charge in [-0.3, -0.25) is 4.79 Å². The molecule has 1 atom stereocenters. The van der Waals surface area contributed by atoms with Gasteiger partial charge in [-0.05, 0) is 25.7 Å². The molecule has 0 rings (SSSR count). The number of ether oxygens (including phenoxy) is 1. The predicted molar refractivity (Wildman–Crippen MR) is 45.0 cm³/mol. The van der Waals surface area contributed by atoms with Gasteiger partial charge in [-0.25, -0.2) is 0 Å². The molecule has 0 saturated heterocycles. The van der Waals surface area contributed by atoms with Crippen molar-refractivity contribution in [2.24, 2.45) is 0 Å². The average molecular weight is 162 g/mol. The number of carbonyl (C=O) groups is 1. The molecule has 0 aromatic heterocycles. The maximum atomic E-state index is 10.3. The van der Waals surface area contributed by atoms with Crippen molar-refractivity contribution in [2.75, 3.05) is 19.4 Å². The zero-order chi connectivity index (χ0) is 7.82. The second kappa shape index (κ2) is 7.01. The van der Waals surface area contributed by atoms with Crippen LogP contribution in [0.4, 0.5) is 0 Å². The molecule has 0 aliphatic heterocycles. The summed E-state index contributed by atoms with van der Waals surface area (Å²) in [5, 5.41) is 0. The maximum absolute atomic E-state index is 10.3. The number of hydrogen-bond donors (Lipinski definition) is 0. The molecule has 3 heteroatoms. The van der Waals surface area contributed by atoms with Gasteiger partial charge in [0.2, 0.25) is 0 Å². The average Bonchev–Trinajstić information content (AvgIpc) is 1.87. The van der Waals surface area contributed by atoms with E-state index in [4.69, 9.17) is 4.74 Å². The molecule has 60 valence electrons. The van der Waals surface area contributed by atoms with Crippen LogP contribution in [0.25, 0.3) is 0 Å². The third kappa shape index (κ3) is 7.90. The molecular formula is C7H15O2P. The molecule has 0 bridgehead atoms. The summed E-state index contributed by atoms with van der Waals surface area (Å²) in [6.07, 6.45) is 3.46. The normalized spacial score (nSPS) is 10.6. The van der Waals surface area contributed by atoms with E-state index in [0.29, 0.717) is 6.61 Å². The van der Waals surface area contributed by atoms with Crippen LogP contribution in [-0.4, -0.2) is 25.4 Å². The fourth-order valence-electron chi connectivity index (χ4n) is 0.620. The van der Waals surface area contributed by atoms with Gasteiger partial charge in [0.25, 0.3) is 0 Å². The Bertz CT molecular complexity index is 93.6. The van der Waals surface area contributed by atoms with Crippen molar-refractivity contribution in [3.05, 3.63) is 0 Å². The van der Waals surface area contributed by atoms with Crippen LogP contribution in [0.15, 0.2) is 0 Å². The van der Waals surface area contributed by atoms with E-state index in [1.807, 2.05) is 0 Å². The molecule has 0 fully saturated rings. The smallest absolute Gasteiger partial charge is 0.302 e. The largest absolute Gasteiger partial charge is 0.466 e. The first-order valence-corrected chi connectivity index (χ1v) is 5.26. The number of esters is 1. The molecule has 0 aromatic carbocycles.